The van der Waals surface area contributed by atoms with E-state index in [1.807, 2.05) is 0 Å². The van der Waals surface area contributed by atoms with Gasteiger partial charge in [0.1, 0.15) is 5.75 Å². The van der Waals surface area contributed by atoms with Crippen LogP contribution in [0.1, 0.15) is 11.1 Å². The number of hydrogen-bond donors (Lipinski definition) is 2. The second-order valence-electron chi connectivity index (χ2n) is 6.07. The Morgan fingerprint density at radius 3 is 2.40 bits per heavy atom. The van der Waals surface area contributed by atoms with E-state index in [-0.39, 0.29) is 0 Å². The van der Waals surface area contributed by atoms with Crippen molar-refractivity contribution in [2.75, 3.05) is 25.5 Å². The standard InChI is InChI=1S/C16H19F3N2O4/c1-8-4-12(9(2)13(5-8)25-3)20-15(24)21-6-10(14(22)23)11(7-21)16(17,18)19/h4-5,10-11H,6-7H2,1-3H3,(H,20,24)(H,22,23)/t10-,11-/m1/s1. The molecule has 2 atom stereocenters. The Hall–Kier alpha value is -2.45. The number of nitrogens with one attached hydrogen (secondary N) is 1. The summed E-state index contributed by atoms with van der Waals surface area (Å²) in [6.07, 6.45) is -4.68. The summed E-state index contributed by atoms with van der Waals surface area (Å²) >= 11 is 0. The number of halogens is 3. The number of carboxylic acid groups (broad SMARTS) is 1. The number of ether oxygens (including phenoxy) is 1. The summed E-state index contributed by atoms with van der Waals surface area (Å²) in [6.45, 7) is 2.31. The molecule has 25 heavy (non-hydrogen) atoms. The molecule has 6 nitrogen and oxygen atoms in total. The molecule has 2 amide bonds. The van der Waals surface area contributed by atoms with Crippen molar-refractivity contribution in [3.8, 4) is 5.75 Å². The Balaban J connectivity index is 2.20. The lowest BCUT2D eigenvalue weighted by Gasteiger charge is -2.20. The van der Waals surface area contributed by atoms with Gasteiger partial charge in [0.25, 0.3) is 0 Å². The molecule has 1 aromatic carbocycles. The number of alkyl halides is 3. The zero-order chi connectivity index (χ0) is 18.9. The molecule has 2 rings (SSSR count). The first kappa shape index (κ1) is 18.9. The predicted octanol–water partition coefficient (Wildman–Crippen LogP) is 3.04. The van der Waals surface area contributed by atoms with Gasteiger partial charge in [-0.15, -0.1) is 0 Å². The molecule has 0 aromatic heterocycles. The fraction of sp³-hybridized carbons (Fsp3) is 0.500. The highest BCUT2D eigenvalue weighted by atomic mass is 19.4. The highest BCUT2D eigenvalue weighted by molar-refractivity contribution is 5.91. The number of likely N-dealkylation sites (tertiary alicyclic amines) is 1. The van der Waals surface area contributed by atoms with E-state index in [4.69, 9.17) is 9.84 Å². The van der Waals surface area contributed by atoms with Crippen LogP contribution >= 0.6 is 0 Å². The van der Waals surface area contributed by atoms with Crippen LogP contribution in [-0.2, 0) is 4.79 Å². The molecular formula is C16H19F3N2O4. The molecule has 2 N–H and O–H groups in total. The van der Waals surface area contributed by atoms with Crippen LogP contribution in [0.15, 0.2) is 12.1 Å². The van der Waals surface area contributed by atoms with Crippen molar-refractivity contribution >= 4 is 17.7 Å². The van der Waals surface area contributed by atoms with Gasteiger partial charge in [-0.2, -0.15) is 13.2 Å². The number of carbonyl (C=O) groups excluding carboxylic acids is 1. The number of hydrogen-bond acceptors (Lipinski definition) is 3. The van der Waals surface area contributed by atoms with Gasteiger partial charge >= 0.3 is 18.2 Å². The average molecular weight is 360 g/mol. The highest BCUT2D eigenvalue weighted by Gasteiger charge is 2.53. The Kier molecular flexibility index (Phi) is 5.15. The van der Waals surface area contributed by atoms with E-state index in [2.05, 4.69) is 5.32 Å². The average Bonchev–Trinajstić information content (AvgIpc) is 2.96. The summed E-state index contributed by atoms with van der Waals surface area (Å²) in [7, 11) is 1.47. The summed E-state index contributed by atoms with van der Waals surface area (Å²) < 4.78 is 44.2. The first-order chi connectivity index (χ1) is 11.5. The third-order valence-electron chi connectivity index (χ3n) is 4.31. The molecule has 0 aliphatic carbocycles. The van der Waals surface area contributed by atoms with Crippen LogP contribution in [0.3, 0.4) is 0 Å². The van der Waals surface area contributed by atoms with Gasteiger partial charge in [-0.25, -0.2) is 4.79 Å². The van der Waals surface area contributed by atoms with Crippen molar-refractivity contribution in [2.24, 2.45) is 11.8 Å². The third kappa shape index (κ3) is 3.97. The van der Waals surface area contributed by atoms with Crippen molar-refractivity contribution < 1.29 is 32.6 Å². The summed E-state index contributed by atoms with van der Waals surface area (Å²) in [5, 5.41) is 11.6. The van der Waals surface area contributed by atoms with Gasteiger partial charge in [-0.05, 0) is 31.5 Å². The van der Waals surface area contributed by atoms with Gasteiger partial charge in [0, 0.05) is 24.3 Å². The van der Waals surface area contributed by atoms with Crippen molar-refractivity contribution in [2.45, 2.75) is 20.0 Å². The summed E-state index contributed by atoms with van der Waals surface area (Å²) in [4.78, 5) is 24.3. The van der Waals surface area contributed by atoms with Gasteiger partial charge in [-0.1, -0.05) is 0 Å². The maximum Gasteiger partial charge on any atom is 0.394 e. The van der Waals surface area contributed by atoms with Crippen molar-refractivity contribution in [3.05, 3.63) is 23.3 Å². The van der Waals surface area contributed by atoms with E-state index in [0.717, 1.165) is 10.5 Å². The largest absolute Gasteiger partial charge is 0.496 e. The van der Waals surface area contributed by atoms with E-state index < -0.39 is 43.1 Å². The van der Waals surface area contributed by atoms with E-state index in [1.165, 1.54) is 7.11 Å². The number of benzene rings is 1. The smallest absolute Gasteiger partial charge is 0.394 e. The molecule has 0 unspecified atom stereocenters. The van der Waals surface area contributed by atoms with Gasteiger partial charge in [0.15, 0.2) is 0 Å². The molecule has 1 fully saturated rings. The summed E-state index contributed by atoms with van der Waals surface area (Å²) in [5.74, 6) is -4.78. The van der Waals surface area contributed by atoms with E-state index in [9.17, 15) is 22.8 Å². The lowest BCUT2D eigenvalue weighted by Crippen LogP contribution is -2.35. The first-order valence-electron chi connectivity index (χ1n) is 7.55. The Morgan fingerprint density at radius 2 is 1.92 bits per heavy atom. The Bertz CT molecular complexity index is 691. The second-order valence-corrected chi connectivity index (χ2v) is 6.07. The van der Waals surface area contributed by atoms with E-state index >= 15 is 0 Å². The fourth-order valence-electron chi connectivity index (χ4n) is 2.91. The van der Waals surface area contributed by atoms with E-state index in [1.54, 1.807) is 26.0 Å². The van der Waals surface area contributed by atoms with Crippen LogP contribution in [-0.4, -0.2) is 48.4 Å². The van der Waals surface area contributed by atoms with Gasteiger partial charge < -0.3 is 20.1 Å². The fourth-order valence-corrected chi connectivity index (χ4v) is 2.91. The zero-order valence-electron chi connectivity index (χ0n) is 14.0. The minimum atomic E-state index is -4.68. The van der Waals surface area contributed by atoms with Crippen LogP contribution in [0, 0.1) is 25.7 Å². The van der Waals surface area contributed by atoms with Crippen LogP contribution in [0.4, 0.5) is 23.7 Å². The van der Waals surface area contributed by atoms with Crippen molar-refractivity contribution in [1.29, 1.82) is 0 Å². The molecule has 0 radical (unpaired) electrons. The monoisotopic (exact) mass is 360 g/mol. The van der Waals surface area contributed by atoms with Crippen molar-refractivity contribution in [3.63, 3.8) is 0 Å². The van der Waals surface area contributed by atoms with Gasteiger partial charge in [-0.3, -0.25) is 4.79 Å². The normalized spacial score (nSPS) is 20.5. The summed E-state index contributed by atoms with van der Waals surface area (Å²) in [6, 6.07) is 2.66. The molecule has 138 valence electrons. The number of aliphatic carboxylic acids is 1. The molecule has 0 spiro atoms. The number of methoxy groups -OCH3 is 1. The number of rotatable bonds is 3. The summed E-state index contributed by atoms with van der Waals surface area (Å²) in [5.41, 5.74) is 1.84. The minimum Gasteiger partial charge on any atom is -0.496 e. The van der Waals surface area contributed by atoms with E-state index in [0.29, 0.717) is 17.0 Å². The quantitative estimate of drug-likeness (QED) is 0.868. The molecule has 1 heterocycles. The molecule has 0 saturated carbocycles. The molecule has 0 bridgehead atoms. The molecular weight excluding hydrogens is 341 g/mol. The Labute approximate surface area is 142 Å². The number of amides is 2. The molecule has 1 aliphatic rings. The lowest BCUT2D eigenvalue weighted by molar-refractivity contribution is -0.187. The van der Waals surface area contributed by atoms with Crippen LogP contribution in [0.25, 0.3) is 0 Å². The van der Waals surface area contributed by atoms with Crippen LogP contribution in [0.5, 0.6) is 5.75 Å². The molecule has 1 aliphatic heterocycles. The van der Waals surface area contributed by atoms with Crippen molar-refractivity contribution in [1.82, 2.24) is 4.90 Å². The predicted molar refractivity (Wildman–Crippen MR) is 83.7 cm³/mol. The Morgan fingerprint density at radius 1 is 1.28 bits per heavy atom. The highest BCUT2D eigenvalue weighted by Crippen LogP contribution is 2.38. The number of carbonyl (C=O) groups is 2. The second kappa shape index (κ2) is 6.81. The third-order valence-corrected chi connectivity index (χ3v) is 4.31. The number of anilines is 1. The zero-order valence-corrected chi connectivity index (χ0v) is 14.0. The minimum absolute atomic E-state index is 0.407. The lowest BCUT2D eigenvalue weighted by atomic mass is 9.96. The number of aryl methyl sites for hydroxylation is 1. The number of carboxylic acids is 1. The first-order valence-corrected chi connectivity index (χ1v) is 7.55. The molecule has 1 aromatic rings. The van der Waals surface area contributed by atoms with Crippen LogP contribution in [0.2, 0.25) is 0 Å². The number of urea groups is 1. The van der Waals surface area contributed by atoms with Gasteiger partial charge in [0.05, 0.1) is 18.9 Å². The maximum atomic E-state index is 13.0. The van der Waals surface area contributed by atoms with Crippen LogP contribution < -0.4 is 10.1 Å². The molecule has 1 saturated heterocycles. The topological polar surface area (TPSA) is 78.9 Å². The molecule has 9 heteroatoms. The number of nitrogens with zero attached hydrogens (tertiary/aromatic N) is 1. The maximum absolute atomic E-state index is 13.0. The van der Waals surface area contributed by atoms with Gasteiger partial charge in [0.2, 0.25) is 0 Å². The SMILES string of the molecule is COc1cc(C)cc(NC(=O)N2C[C@@H](C(F)(F)F)[C@H](C(=O)O)C2)c1C.